The summed E-state index contributed by atoms with van der Waals surface area (Å²) in [7, 11) is 0. The average Bonchev–Trinajstić information content (AvgIpc) is 2.52. The Balaban J connectivity index is 1.77. The van der Waals surface area contributed by atoms with Gasteiger partial charge < -0.3 is 9.47 Å². The molecule has 0 radical (unpaired) electrons. The fraction of sp³-hybridized carbons (Fsp3) is 0.118. The number of hydrogen-bond acceptors (Lipinski definition) is 3. The van der Waals surface area contributed by atoms with E-state index in [0.717, 1.165) is 10.8 Å². The van der Waals surface area contributed by atoms with Crippen molar-refractivity contribution in [3.63, 3.8) is 0 Å². The molecule has 0 atom stereocenters. The number of alkyl halides is 3. The van der Waals surface area contributed by atoms with E-state index in [2.05, 4.69) is 9.72 Å². The zero-order valence-corrected chi connectivity index (χ0v) is 11.9. The van der Waals surface area contributed by atoms with Crippen LogP contribution in [-0.2, 0) is 6.61 Å². The summed E-state index contributed by atoms with van der Waals surface area (Å²) in [4.78, 5) is 4.24. The van der Waals surface area contributed by atoms with Crippen LogP contribution in [0.2, 0.25) is 0 Å². The number of ether oxygens (including phenoxy) is 2. The number of pyridine rings is 1. The molecule has 0 aliphatic carbocycles. The normalized spacial score (nSPS) is 11.4. The quantitative estimate of drug-likeness (QED) is 0.698. The van der Waals surface area contributed by atoms with Crippen LogP contribution >= 0.6 is 0 Å². The Bertz CT molecular complexity index is 818. The fourth-order valence-electron chi connectivity index (χ4n) is 2.14. The van der Waals surface area contributed by atoms with E-state index in [1.807, 2.05) is 30.3 Å². The highest BCUT2D eigenvalue weighted by Gasteiger charge is 2.32. The summed E-state index contributed by atoms with van der Waals surface area (Å²) in [5, 5.41) is 1.97. The maximum Gasteiger partial charge on any atom is 0.573 e. The Kier molecular flexibility index (Phi) is 4.06. The number of halogens is 3. The van der Waals surface area contributed by atoms with Gasteiger partial charge in [0.25, 0.3) is 0 Å². The SMILES string of the molecule is FC(F)(F)Oc1ccccc1OCc1cc2ccccc2cn1. The van der Waals surface area contributed by atoms with Crippen LogP contribution in [0.25, 0.3) is 10.8 Å². The summed E-state index contributed by atoms with van der Waals surface area (Å²) in [5.74, 6) is -0.361. The van der Waals surface area contributed by atoms with Gasteiger partial charge in [0, 0.05) is 11.6 Å². The lowest BCUT2D eigenvalue weighted by Crippen LogP contribution is -2.17. The molecule has 3 aromatic rings. The van der Waals surface area contributed by atoms with E-state index in [1.54, 1.807) is 12.3 Å². The van der Waals surface area contributed by atoms with Crippen LogP contribution < -0.4 is 9.47 Å². The van der Waals surface area contributed by atoms with E-state index in [4.69, 9.17) is 4.74 Å². The first-order chi connectivity index (χ1) is 11.0. The standard InChI is InChI=1S/C17H12F3NO2/c18-17(19,20)23-16-8-4-3-7-15(16)22-11-14-9-12-5-1-2-6-13(12)10-21-14/h1-10H,11H2. The number of nitrogens with zero attached hydrogens (tertiary/aromatic N) is 1. The van der Waals surface area contributed by atoms with Crippen LogP contribution in [0.4, 0.5) is 13.2 Å². The Morgan fingerprint density at radius 1 is 0.870 bits per heavy atom. The molecule has 1 heterocycles. The maximum atomic E-state index is 12.4. The van der Waals surface area contributed by atoms with Gasteiger partial charge in [-0.2, -0.15) is 0 Å². The summed E-state index contributed by atoms with van der Waals surface area (Å²) in [6.07, 6.45) is -3.06. The molecule has 0 aliphatic rings. The van der Waals surface area contributed by atoms with Crippen LogP contribution in [0.5, 0.6) is 11.5 Å². The molecular weight excluding hydrogens is 307 g/mol. The third-order valence-electron chi connectivity index (χ3n) is 3.14. The summed E-state index contributed by atoms with van der Waals surface area (Å²) < 4.78 is 46.5. The van der Waals surface area contributed by atoms with E-state index in [1.165, 1.54) is 18.2 Å². The molecule has 0 N–H and O–H groups in total. The molecule has 6 heteroatoms. The van der Waals surface area contributed by atoms with Crippen LogP contribution in [0.3, 0.4) is 0 Å². The van der Waals surface area contributed by atoms with E-state index in [-0.39, 0.29) is 18.1 Å². The molecule has 0 bridgehead atoms. The summed E-state index contributed by atoms with van der Waals surface area (Å²) >= 11 is 0. The van der Waals surface area contributed by atoms with Crippen molar-refractivity contribution in [2.24, 2.45) is 0 Å². The number of hydrogen-bond donors (Lipinski definition) is 0. The second-order valence-electron chi connectivity index (χ2n) is 4.81. The van der Waals surface area contributed by atoms with E-state index in [0.29, 0.717) is 5.69 Å². The molecule has 23 heavy (non-hydrogen) atoms. The highest BCUT2D eigenvalue weighted by molar-refractivity contribution is 5.81. The van der Waals surface area contributed by atoms with Crippen molar-refractivity contribution in [1.29, 1.82) is 0 Å². The van der Waals surface area contributed by atoms with Crippen LogP contribution in [0.1, 0.15) is 5.69 Å². The van der Waals surface area contributed by atoms with Gasteiger partial charge in [0.2, 0.25) is 0 Å². The smallest absolute Gasteiger partial charge is 0.483 e. The van der Waals surface area contributed by atoms with Crippen molar-refractivity contribution in [2.45, 2.75) is 13.0 Å². The third-order valence-corrected chi connectivity index (χ3v) is 3.14. The van der Waals surface area contributed by atoms with E-state index < -0.39 is 6.36 Å². The minimum Gasteiger partial charge on any atom is -0.483 e. The topological polar surface area (TPSA) is 31.4 Å². The first-order valence-corrected chi connectivity index (χ1v) is 6.82. The van der Waals surface area contributed by atoms with Crippen molar-refractivity contribution < 1.29 is 22.6 Å². The predicted molar refractivity (Wildman–Crippen MR) is 79.2 cm³/mol. The minimum atomic E-state index is -4.76. The molecule has 2 aromatic carbocycles. The van der Waals surface area contributed by atoms with Crippen molar-refractivity contribution >= 4 is 10.8 Å². The van der Waals surface area contributed by atoms with Gasteiger partial charge in [0.1, 0.15) is 6.61 Å². The Labute approximate surface area is 130 Å². The van der Waals surface area contributed by atoms with Crippen molar-refractivity contribution in [3.8, 4) is 11.5 Å². The summed E-state index contributed by atoms with van der Waals surface area (Å²) in [6, 6.07) is 15.2. The first kappa shape index (κ1) is 15.1. The molecular formula is C17H12F3NO2. The van der Waals surface area contributed by atoms with Gasteiger partial charge in [-0.15, -0.1) is 13.2 Å². The average molecular weight is 319 g/mol. The molecule has 3 rings (SSSR count). The monoisotopic (exact) mass is 319 g/mol. The predicted octanol–water partition coefficient (Wildman–Crippen LogP) is 4.71. The van der Waals surface area contributed by atoms with Crippen molar-refractivity contribution in [3.05, 3.63) is 66.5 Å². The largest absolute Gasteiger partial charge is 0.573 e. The summed E-state index contributed by atoms with van der Waals surface area (Å²) in [5.41, 5.74) is 0.616. The van der Waals surface area contributed by atoms with E-state index in [9.17, 15) is 13.2 Å². The van der Waals surface area contributed by atoms with Gasteiger partial charge in [-0.25, -0.2) is 0 Å². The highest BCUT2D eigenvalue weighted by atomic mass is 19.4. The molecule has 0 aliphatic heterocycles. The first-order valence-electron chi connectivity index (χ1n) is 6.82. The fourth-order valence-corrected chi connectivity index (χ4v) is 2.14. The van der Waals surface area contributed by atoms with Crippen LogP contribution in [0.15, 0.2) is 60.8 Å². The van der Waals surface area contributed by atoms with Gasteiger partial charge in [0.15, 0.2) is 11.5 Å². The number of rotatable bonds is 4. The van der Waals surface area contributed by atoms with Gasteiger partial charge in [0.05, 0.1) is 5.69 Å². The van der Waals surface area contributed by atoms with Gasteiger partial charge in [-0.05, 0) is 23.6 Å². The summed E-state index contributed by atoms with van der Waals surface area (Å²) in [6.45, 7) is 0.0447. The highest BCUT2D eigenvalue weighted by Crippen LogP contribution is 2.32. The van der Waals surface area contributed by atoms with E-state index >= 15 is 0 Å². The zero-order chi connectivity index (χ0) is 16.3. The second-order valence-corrected chi connectivity index (χ2v) is 4.81. The number of benzene rings is 2. The maximum absolute atomic E-state index is 12.4. The third kappa shape index (κ3) is 3.91. The van der Waals surface area contributed by atoms with Gasteiger partial charge in [-0.3, -0.25) is 4.98 Å². The molecule has 0 spiro atoms. The lowest BCUT2D eigenvalue weighted by Gasteiger charge is -2.13. The number of aromatic nitrogens is 1. The zero-order valence-electron chi connectivity index (χ0n) is 11.9. The molecule has 1 aromatic heterocycles. The molecule has 0 saturated heterocycles. The molecule has 0 saturated carbocycles. The lowest BCUT2D eigenvalue weighted by molar-refractivity contribution is -0.275. The molecule has 0 unspecified atom stereocenters. The van der Waals surface area contributed by atoms with Crippen molar-refractivity contribution in [1.82, 2.24) is 4.98 Å². The Morgan fingerprint density at radius 3 is 2.26 bits per heavy atom. The van der Waals surface area contributed by atoms with Gasteiger partial charge >= 0.3 is 6.36 Å². The molecule has 3 nitrogen and oxygen atoms in total. The molecule has 0 amide bonds. The lowest BCUT2D eigenvalue weighted by atomic mass is 10.1. The molecule has 0 fully saturated rings. The Hall–Kier alpha value is -2.76. The minimum absolute atomic E-state index is 0.0137. The number of para-hydroxylation sites is 2. The Morgan fingerprint density at radius 2 is 1.52 bits per heavy atom. The number of fused-ring (bicyclic) bond motifs is 1. The van der Waals surface area contributed by atoms with Crippen LogP contribution in [0, 0.1) is 0 Å². The second kappa shape index (κ2) is 6.16. The van der Waals surface area contributed by atoms with Gasteiger partial charge in [-0.1, -0.05) is 36.4 Å². The van der Waals surface area contributed by atoms with Crippen LogP contribution in [-0.4, -0.2) is 11.3 Å². The molecule has 118 valence electrons. The van der Waals surface area contributed by atoms with Crippen molar-refractivity contribution in [2.75, 3.05) is 0 Å².